The molecule has 0 unspecified atom stereocenters. The lowest BCUT2D eigenvalue weighted by Crippen LogP contribution is -2.37. The molecule has 1 aromatic carbocycles. The zero-order valence-electron chi connectivity index (χ0n) is 13.1. The van der Waals surface area contributed by atoms with Gasteiger partial charge in [-0.2, -0.15) is 0 Å². The third-order valence-corrected chi connectivity index (χ3v) is 3.64. The smallest absolute Gasteiger partial charge is 0.245 e. The maximum atomic E-state index is 14.1. The van der Waals surface area contributed by atoms with Crippen LogP contribution in [-0.2, 0) is 4.79 Å². The second-order valence-corrected chi connectivity index (χ2v) is 6.07. The molecule has 0 aromatic heterocycles. The van der Waals surface area contributed by atoms with Crippen molar-refractivity contribution in [3.63, 3.8) is 0 Å². The summed E-state index contributed by atoms with van der Waals surface area (Å²) in [4.78, 5) is 14.1. The maximum absolute atomic E-state index is 14.1. The van der Waals surface area contributed by atoms with E-state index in [0.717, 1.165) is 6.54 Å². The lowest BCUT2D eigenvalue weighted by Gasteiger charge is -2.22. The molecule has 1 amide bonds. The Balaban J connectivity index is 2.18. The minimum atomic E-state index is -0.350. The lowest BCUT2D eigenvalue weighted by molar-refractivity contribution is -0.129. The lowest BCUT2D eigenvalue weighted by atomic mass is 10.2. The molecule has 0 radical (unpaired) electrons. The van der Waals surface area contributed by atoms with Crippen molar-refractivity contribution in [3.05, 3.63) is 24.0 Å². The van der Waals surface area contributed by atoms with Crippen molar-refractivity contribution in [1.82, 2.24) is 4.90 Å². The number of halogens is 1. The first-order chi connectivity index (χ1) is 9.90. The molecule has 21 heavy (non-hydrogen) atoms. The summed E-state index contributed by atoms with van der Waals surface area (Å²) in [5.74, 6) is -0.291. The molecule has 116 valence electrons. The molecule has 4 nitrogen and oxygen atoms in total. The molecule has 0 spiro atoms. The monoisotopic (exact) mass is 293 g/mol. The Bertz CT molecular complexity index is 516. The summed E-state index contributed by atoms with van der Waals surface area (Å²) in [7, 11) is 0. The van der Waals surface area contributed by atoms with E-state index in [1.165, 1.54) is 6.07 Å². The van der Waals surface area contributed by atoms with Crippen molar-refractivity contribution in [1.29, 1.82) is 0 Å². The van der Waals surface area contributed by atoms with Crippen LogP contribution in [0.15, 0.2) is 18.2 Å². The van der Waals surface area contributed by atoms with E-state index in [4.69, 9.17) is 0 Å². The number of carbonyl (C=O) groups is 1. The summed E-state index contributed by atoms with van der Waals surface area (Å²) in [6, 6.07) is 4.93. The van der Waals surface area contributed by atoms with Crippen LogP contribution in [0, 0.1) is 5.82 Å². The van der Waals surface area contributed by atoms with Crippen LogP contribution in [0.4, 0.5) is 15.8 Å². The molecule has 1 aliphatic rings. The second kappa shape index (κ2) is 6.33. The van der Waals surface area contributed by atoms with E-state index in [1.807, 2.05) is 38.7 Å². The zero-order chi connectivity index (χ0) is 15.6. The molecular weight excluding hydrogens is 269 g/mol. The van der Waals surface area contributed by atoms with Crippen LogP contribution in [-0.4, -0.2) is 35.5 Å². The Hall–Kier alpha value is -1.78. The standard InChI is InChI=1S/C16H24FN3O/c1-10(2)18-13-7-5-6-12(17)15(13)19-14-8-9-20(11(3)4)16(14)21/h5-7,10-11,14,18-19H,8-9H2,1-4H3/t14-/m1/s1. The highest BCUT2D eigenvalue weighted by atomic mass is 19.1. The summed E-state index contributed by atoms with van der Waals surface area (Å²) in [5.41, 5.74) is 1.08. The van der Waals surface area contributed by atoms with Gasteiger partial charge >= 0.3 is 0 Å². The zero-order valence-corrected chi connectivity index (χ0v) is 13.1. The number of hydrogen-bond acceptors (Lipinski definition) is 3. The van der Waals surface area contributed by atoms with Gasteiger partial charge in [-0.1, -0.05) is 6.07 Å². The normalized spacial score (nSPS) is 18.7. The summed E-state index contributed by atoms with van der Waals surface area (Å²) in [6.45, 7) is 8.70. The number of hydrogen-bond donors (Lipinski definition) is 2. The molecule has 1 saturated heterocycles. The van der Waals surface area contributed by atoms with Gasteiger partial charge in [0, 0.05) is 18.6 Å². The van der Waals surface area contributed by atoms with E-state index in [2.05, 4.69) is 10.6 Å². The molecule has 1 heterocycles. The quantitative estimate of drug-likeness (QED) is 0.877. The van der Waals surface area contributed by atoms with E-state index >= 15 is 0 Å². The highest BCUT2D eigenvalue weighted by Gasteiger charge is 2.33. The van der Waals surface area contributed by atoms with Gasteiger partial charge in [-0.3, -0.25) is 4.79 Å². The first-order valence-corrected chi connectivity index (χ1v) is 7.52. The van der Waals surface area contributed by atoms with Gasteiger partial charge in [0.15, 0.2) is 0 Å². The Morgan fingerprint density at radius 3 is 2.57 bits per heavy atom. The Labute approximate surface area is 125 Å². The van der Waals surface area contributed by atoms with E-state index in [-0.39, 0.29) is 29.8 Å². The number of nitrogens with one attached hydrogen (secondary N) is 2. The average molecular weight is 293 g/mol. The molecular formula is C16H24FN3O. The molecule has 2 rings (SSSR count). The molecule has 1 aromatic rings. The molecule has 0 bridgehead atoms. The van der Waals surface area contributed by atoms with Crippen molar-refractivity contribution in [2.24, 2.45) is 0 Å². The number of anilines is 2. The van der Waals surface area contributed by atoms with Crippen LogP contribution >= 0.6 is 0 Å². The number of benzene rings is 1. The number of carbonyl (C=O) groups excluding carboxylic acids is 1. The van der Waals surface area contributed by atoms with Crippen LogP contribution in [0.3, 0.4) is 0 Å². The molecule has 1 aliphatic heterocycles. The number of para-hydroxylation sites is 1. The van der Waals surface area contributed by atoms with Crippen LogP contribution in [0.5, 0.6) is 0 Å². The van der Waals surface area contributed by atoms with E-state index in [1.54, 1.807) is 6.07 Å². The fraction of sp³-hybridized carbons (Fsp3) is 0.562. The second-order valence-electron chi connectivity index (χ2n) is 6.07. The van der Waals surface area contributed by atoms with Gasteiger partial charge in [0.25, 0.3) is 0 Å². The van der Waals surface area contributed by atoms with E-state index in [0.29, 0.717) is 17.8 Å². The van der Waals surface area contributed by atoms with E-state index < -0.39 is 0 Å². The third-order valence-electron chi connectivity index (χ3n) is 3.64. The fourth-order valence-electron chi connectivity index (χ4n) is 2.62. The largest absolute Gasteiger partial charge is 0.381 e. The van der Waals surface area contributed by atoms with Gasteiger partial charge in [0.05, 0.1) is 11.4 Å². The van der Waals surface area contributed by atoms with Crippen LogP contribution < -0.4 is 10.6 Å². The molecule has 1 atom stereocenters. The summed E-state index contributed by atoms with van der Waals surface area (Å²) in [6.07, 6.45) is 0.701. The van der Waals surface area contributed by atoms with Gasteiger partial charge in [-0.05, 0) is 46.2 Å². The third kappa shape index (κ3) is 3.46. The molecule has 1 fully saturated rings. The first kappa shape index (κ1) is 15.6. The van der Waals surface area contributed by atoms with Crippen molar-refractivity contribution >= 4 is 17.3 Å². The van der Waals surface area contributed by atoms with Crippen molar-refractivity contribution in [2.75, 3.05) is 17.2 Å². The number of nitrogens with zero attached hydrogens (tertiary/aromatic N) is 1. The minimum Gasteiger partial charge on any atom is -0.381 e. The van der Waals surface area contributed by atoms with Gasteiger partial charge in [0.1, 0.15) is 11.9 Å². The predicted octanol–water partition coefficient (Wildman–Crippen LogP) is 3.07. The van der Waals surface area contributed by atoms with Gasteiger partial charge in [-0.25, -0.2) is 4.39 Å². The number of amides is 1. The van der Waals surface area contributed by atoms with Gasteiger partial charge in [0.2, 0.25) is 5.91 Å². The van der Waals surface area contributed by atoms with Crippen molar-refractivity contribution in [3.8, 4) is 0 Å². The highest BCUT2D eigenvalue weighted by Crippen LogP contribution is 2.28. The molecule has 5 heteroatoms. The molecule has 2 N–H and O–H groups in total. The van der Waals surface area contributed by atoms with Gasteiger partial charge < -0.3 is 15.5 Å². The summed E-state index contributed by atoms with van der Waals surface area (Å²) >= 11 is 0. The maximum Gasteiger partial charge on any atom is 0.245 e. The summed E-state index contributed by atoms with van der Waals surface area (Å²) < 4.78 is 14.1. The van der Waals surface area contributed by atoms with Crippen LogP contribution in [0.1, 0.15) is 34.1 Å². The van der Waals surface area contributed by atoms with Crippen LogP contribution in [0.25, 0.3) is 0 Å². The van der Waals surface area contributed by atoms with Crippen molar-refractivity contribution < 1.29 is 9.18 Å². The van der Waals surface area contributed by atoms with Crippen LogP contribution in [0.2, 0.25) is 0 Å². The van der Waals surface area contributed by atoms with Crippen molar-refractivity contribution in [2.45, 2.75) is 52.2 Å². The summed E-state index contributed by atoms with van der Waals surface area (Å²) in [5, 5.41) is 6.30. The number of likely N-dealkylation sites (tertiary alicyclic amines) is 1. The minimum absolute atomic E-state index is 0.0451. The highest BCUT2D eigenvalue weighted by molar-refractivity contribution is 5.88. The topological polar surface area (TPSA) is 44.4 Å². The Morgan fingerprint density at radius 2 is 2.00 bits per heavy atom. The average Bonchev–Trinajstić information content (AvgIpc) is 2.74. The van der Waals surface area contributed by atoms with Gasteiger partial charge in [-0.15, -0.1) is 0 Å². The number of rotatable bonds is 5. The SMILES string of the molecule is CC(C)Nc1cccc(F)c1N[C@@H]1CCN(C(C)C)C1=O. The molecule has 0 saturated carbocycles. The van der Waals surface area contributed by atoms with E-state index in [9.17, 15) is 9.18 Å². The Morgan fingerprint density at radius 1 is 1.29 bits per heavy atom. The first-order valence-electron chi connectivity index (χ1n) is 7.52. The predicted molar refractivity (Wildman–Crippen MR) is 84.0 cm³/mol. The Kier molecular flexibility index (Phi) is 4.70. The fourth-order valence-corrected chi connectivity index (χ4v) is 2.62. The molecule has 0 aliphatic carbocycles.